The number of aromatic nitrogens is 2. The first-order chi connectivity index (χ1) is 19.8. The fourth-order valence-corrected chi connectivity index (χ4v) is 5.94. The molecule has 4 aromatic rings. The molecule has 41 heavy (non-hydrogen) atoms. The zero-order valence-corrected chi connectivity index (χ0v) is 22.4. The number of carbonyl (C=O) groups is 2. The number of carbonyl (C=O) groups excluding carboxylic acids is 2. The van der Waals surface area contributed by atoms with Crippen LogP contribution in [0.4, 0.5) is 19.0 Å². The lowest BCUT2D eigenvalue weighted by Crippen LogP contribution is -2.42. The van der Waals surface area contributed by atoms with Gasteiger partial charge in [-0.25, -0.2) is 13.2 Å². The number of aromatic amines is 1. The summed E-state index contributed by atoms with van der Waals surface area (Å²) >= 11 is 0. The van der Waals surface area contributed by atoms with Gasteiger partial charge in [-0.2, -0.15) is 5.10 Å². The summed E-state index contributed by atoms with van der Waals surface area (Å²) in [5.41, 5.74) is 1.83. The summed E-state index contributed by atoms with van der Waals surface area (Å²) in [5, 5.41) is 10.2. The van der Waals surface area contributed by atoms with Gasteiger partial charge in [-0.3, -0.25) is 14.7 Å². The molecule has 2 aliphatic heterocycles. The molecule has 0 radical (unpaired) electrons. The Hall–Kier alpha value is -4.18. The van der Waals surface area contributed by atoms with Crippen LogP contribution in [0.25, 0.3) is 10.9 Å². The molecule has 0 bridgehead atoms. The van der Waals surface area contributed by atoms with Crippen molar-refractivity contribution >= 4 is 28.5 Å². The van der Waals surface area contributed by atoms with E-state index in [-0.39, 0.29) is 35.3 Å². The van der Waals surface area contributed by atoms with E-state index in [0.717, 1.165) is 50.2 Å². The normalized spacial score (nSPS) is 17.4. The molecular weight excluding hydrogens is 531 g/mol. The quantitative estimate of drug-likeness (QED) is 0.311. The van der Waals surface area contributed by atoms with Crippen LogP contribution >= 0.6 is 0 Å². The number of halogens is 3. The molecule has 0 aliphatic carbocycles. The van der Waals surface area contributed by atoms with Gasteiger partial charge in [0.2, 0.25) is 0 Å². The van der Waals surface area contributed by atoms with Gasteiger partial charge in [0.15, 0.2) is 5.82 Å². The molecule has 0 spiro atoms. The number of nitrogens with zero attached hydrogens (tertiary/aromatic N) is 3. The Balaban J connectivity index is 1.20. The third-order valence-electron chi connectivity index (χ3n) is 7.95. The van der Waals surface area contributed by atoms with Crippen LogP contribution < -0.4 is 5.32 Å². The lowest BCUT2D eigenvalue weighted by molar-refractivity contribution is 0.0708. The van der Waals surface area contributed by atoms with Crippen LogP contribution in [-0.4, -0.2) is 64.0 Å². The molecule has 2 fully saturated rings. The maximum absolute atomic E-state index is 14.8. The molecule has 2 amide bonds. The second-order valence-electron chi connectivity index (χ2n) is 10.9. The molecule has 2 N–H and O–H groups in total. The highest BCUT2D eigenvalue weighted by Gasteiger charge is 2.32. The maximum atomic E-state index is 14.8. The number of likely N-dealkylation sites (tertiary alicyclic amines) is 2. The van der Waals surface area contributed by atoms with Gasteiger partial charge in [-0.1, -0.05) is 6.07 Å². The number of anilines is 1. The van der Waals surface area contributed by atoms with Gasteiger partial charge in [0.25, 0.3) is 11.8 Å². The van der Waals surface area contributed by atoms with E-state index in [4.69, 9.17) is 0 Å². The van der Waals surface area contributed by atoms with Crippen LogP contribution in [-0.2, 0) is 6.42 Å². The van der Waals surface area contributed by atoms with Crippen molar-refractivity contribution in [1.82, 2.24) is 20.0 Å². The smallest absolute Gasteiger partial charge is 0.259 e. The van der Waals surface area contributed by atoms with Crippen LogP contribution in [0, 0.1) is 17.5 Å². The Bertz CT molecular complexity index is 1590. The number of fused-ring (bicyclic) bond motifs is 1. The first kappa shape index (κ1) is 27.0. The van der Waals surface area contributed by atoms with Crippen molar-refractivity contribution in [1.29, 1.82) is 0 Å². The first-order valence-electron chi connectivity index (χ1n) is 13.9. The molecule has 212 valence electrons. The van der Waals surface area contributed by atoms with Gasteiger partial charge in [0.05, 0.1) is 11.1 Å². The highest BCUT2D eigenvalue weighted by atomic mass is 19.1. The highest BCUT2D eigenvalue weighted by Crippen LogP contribution is 2.26. The summed E-state index contributed by atoms with van der Waals surface area (Å²) in [7, 11) is 0. The SMILES string of the molecule is O=C(Nc1n[nH]c2ccc(Cc3cc(F)cc(F)c3)cc12)c1cc(C(=O)N2CCC[C@@H]2CN2CCCC2)ccc1F. The zero-order valence-electron chi connectivity index (χ0n) is 22.4. The van der Waals surface area contributed by atoms with Crippen molar-refractivity contribution in [2.75, 3.05) is 31.5 Å². The predicted octanol–water partition coefficient (Wildman–Crippen LogP) is 5.52. The molecule has 10 heteroatoms. The fourth-order valence-electron chi connectivity index (χ4n) is 5.94. The van der Waals surface area contributed by atoms with Crippen LogP contribution in [0.5, 0.6) is 0 Å². The van der Waals surface area contributed by atoms with E-state index < -0.39 is 23.4 Å². The van der Waals surface area contributed by atoms with Crippen LogP contribution in [0.2, 0.25) is 0 Å². The third-order valence-corrected chi connectivity index (χ3v) is 7.95. The molecule has 1 aromatic heterocycles. The first-order valence-corrected chi connectivity index (χ1v) is 13.9. The van der Waals surface area contributed by atoms with Gasteiger partial charge < -0.3 is 15.1 Å². The van der Waals surface area contributed by atoms with E-state index >= 15 is 0 Å². The Morgan fingerprint density at radius 3 is 2.46 bits per heavy atom. The second-order valence-corrected chi connectivity index (χ2v) is 10.9. The molecular formula is C31H30F3N5O2. The van der Waals surface area contributed by atoms with Gasteiger partial charge in [0, 0.05) is 36.1 Å². The second kappa shape index (κ2) is 11.4. The highest BCUT2D eigenvalue weighted by molar-refractivity contribution is 6.09. The van der Waals surface area contributed by atoms with Crippen molar-refractivity contribution in [2.45, 2.75) is 38.1 Å². The fraction of sp³-hybridized carbons (Fsp3) is 0.323. The molecule has 3 heterocycles. The number of nitrogens with one attached hydrogen (secondary N) is 2. The van der Waals surface area contributed by atoms with E-state index in [1.165, 1.54) is 37.1 Å². The summed E-state index contributed by atoms with van der Waals surface area (Å²) < 4.78 is 42.1. The Morgan fingerprint density at radius 2 is 1.68 bits per heavy atom. The average molecular weight is 562 g/mol. The molecule has 2 saturated heterocycles. The minimum atomic E-state index is -0.747. The van der Waals surface area contributed by atoms with Crippen molar-refractivity contribution in [3.8, 4) is 0 Å². The lowest BCUT2D eigenvalue weighted by atomic mass is 10.0. The van der Waals surface area contributed by atoms with E-state index in [0.29, 0.717) is 23.0 Å². The maximum Gasteiger partial charge on any atom is 0.259 e. The van der Waals surface area contributed by atoms with E-state index in [1.54, 1.807) is 18.2 Å². The Morgan fingerprint density at radius 1 is 0.902 bits per heavy atom. The summed E-state index contributed by atoms with van der Waals surface area (Å²) in [6, 6.07) is 12.6. The largest absolute Gasteiger partial charge is 0.334 e. The average Bonchev–Trinajstić information content (AvgIpc) is 3.71. The van der Waals surface area contributed by atoms with Crippen LogP contribution in [0.15, 0.2) is 54.6 Å². The summed E-state index contributed by atoms with van der Waals surface area (Å²) in [6.07, 6.45) is 4.46. The number of H-pyrrole nitrogens is 1. The minimum Gasteiger partial charge on any atom is -0.334 e. The van der Waals surface area contributed by atoms with Crippen molar-refractivity contribution < 1.29 is 22.8 Å². The molecule has 2 aliphatic rings. The summed E-state index contributed by atoms with van der Waals surface area (Å²) in [5.74, 6) is -2.83. The minimum absolute atomic E-state index is 0.108. The van der Waals surface area contributed by atoms with Crippen molar-refractivity contribution in [3.05, 3.63) is 94.3 Å². The third kappa shape index (κ3) is 5.83. The number of benzene rings is 3. The monoisotopic (exact) mass is 561 g/mol. The molecule has 7 nitrogen and oxygen atoms in total. The summed E-state index contributed by atoms with van der Waals surface area (Å²) in [6.45, 7) is 3.57. The molecule has 0 saturated carbocycles. The number of amides is 2. The Labute approximate surface area is 235 Å². The molecule has 0 unspecified atom stereocenters. The van der Waals surface area contributed by atoms with Gasteiger partial charge in [0.1, 0.15) is 17.5 Å². The Kier molecular flexibility index (Phi) is 7.49. The van der Waals surface area contributed by atoms with Gasteiger partial charge in [-0.05, 0) is 98.8 Å². The number of hydrogen-bond donors (Lipinski definition) is 2. The van der Waals surface area contributed by atoms with Crippen molar-refractivity contribution in [3.63, 3.8) is 0 Å². The standard InChI is InChI=1S/C31H30F3N5O2/c32-22-13-20(14-23(33)17-22)12-19-5-8-28-26(15-19)29(37-36-28)35-30(40)25-16-21(6-7-27(25)34)31(41)39-11-3-4-24(39)18-38-9-1-2-10-38/h5-8,13-17,24H,1-4,9-12,18H2,(H2,35,36,37,40)/t24-/m1/s1. The van der Waals surface area contributed by atoms with Crippen molar-refractivity contribution in [2.24, 2.45) is 0 Å². The molecule has 6 rings (SSSR count). The van der Waals surface area contributed by atoms with E-state index in [2.05, 4.69) is 20.4 Å². The molecule has 3 aromatic carbocycles. The van der Waals surface area contributed by atoms with Crippen LogP contribution in [0.1, 0.15) is 57.5 Å². The molecule has 1 atom stereocenters. The number of rotatable bonds is 7. The van der Waals surface area contributed by atoms with Crippen LogP contribution in [0.3, 0.4) is 0 Å². The zero-order chi connectivity index (χ0) is 28.5. The topological polar surface area (TPSA) is 81.3 Å². The predicted molar refractivity (Wildman–Crippen MR) is 149 cm³/mol. The van der Waals surface area contributed by atoms with E-state index in [9.17, 15) is 22.8 Å². The van der Waals surface area contributed by atoms with Gasteiger partial charge in [-0.15, -0.1) is 0 Å². The lowest BCUT2D eigenvalue weighted by Gasteiger charge is -2.28. The van der Waals surface area contributed by atoms with Gasteiger partial charge >= 0.3 is 0 Å². The van der Waals surface area contributed by atoms with E-state index in [1.807, 2.05) is 4.90 Å². The number of hydrogen-bond acceptors (Lipinski definition) is 4. The summed E-state index contributed by atoms with van der Waals surface area (Å²) in [4.78, 5) is 30.9.